The van der Waals surface area contributed by atoms with Crippen LogP contribution < -0.4 is 4.74 Å². The van der Waals surface area contributed by atoms with Crippen LogP contribution in [0.1, 0.15) is 80.1 Å². The van der Waals surface area contributed by atoms with Crippen molar-refractivity contribution in [2.75, 3.05) is 13.1 Å². The van der Waals surface area contributed by atoms with Crippen molar-refractivity contribution in [3.05, 3.63) is 46.1 Å². The largest absolute Gasteiger partial charge is 0.476 e. The number of thioether (sulfide) groups is 1. The molecule has 1 heterocycles. The Bertz CT molecular complexity index is 1020. The Morgan fingerprint density at radius 3 is 2.38 bits per heavy atom. The van der Waals surface area contributed by atoms with Gasteiger partial charge in [0.25, 0.3) is 0 Å². The second-order valence-corrected chi connectivity index (χ2v) is 11.3. The molecule has 4 rings (SSSR count). The number of rotatable bonds is 10. The third-order valence-corrected chi connectivity index (χ3v) is 7.63. The molecule has 2 aliphatic carbocycles. The second-order valence-electron chi connectivity index (χ2n) is 9.54. The lowest BCUT2D eigenvalue weighted by molar-refractivity contribution is 0.0162. The summed E-state index contributed by atoms with van der Waals surface area (Å²) in [5.74, 6) is 1.95. The van der Waals surface area contributed by atoms with E-state index in [2.05, 4.69) is 23.7 Å². The number of halogens is 1. The molecule has 0 atom stereocenters. The molecule has 2 saturated carbocycles. The van der Waals surface area contributed by atoms with E-state index >= 15 is 0 Å². The van der Waals surface area contributed by atoms with E-state index < -0.39 is 0 Å². The number of hydrogen-bond donors (Lipinski definition) is 1. The van der Waals surface area contributed by atoms with E-state index in [4.69, 9.17) is 31.2 Å². The van der Waals surface area contributed by atoms with Gasteiger partial charge in [-0.1, -0.05) is 25.4 Å². The van der Waals surface area contributed by atoms with Gasteiger partial charge in [0, 0.05) is 42.3 Å². The zero-order valence-corrected chi connectivity index (χ0v) is 24.7. The summed E-state index contributed by atoms with van der Waals surface area (Å²) in [5.41, 5.74) is 1.97. The summed E-state index contributed by atoms with van der Waals surface area (Å²) < 4.78 is 18.2. The van der Waals surface area contributed by atoms with Gasteiger partial charge in [-0.05, 0) is 77.2 Å². The number of ether oxygens (including phenoxy) is 3. The van der Waals surface area contributed by atoms with Gasteiger partial charge in [0.1, 0.15) is 11.9 Å². The number of nitrogens with one attached hydrogen (secondary N) is 1. The number of piperidine rings is 1. The van der Waals surface area contributed by atoms with Gasteiger partial charge >= 0.3 is 0 Å². The predicted octanol–water partition coefficient (Wildman–Crippen LogP) is 8.21. The van der Waals surface area contributed by atoms with Crippen LogP contribution in [0, 0.1) is 5.41 Å². The molecule has 0 spiro atoms. The molecule has 3 fully saturated rings. The molecule has 1 aromatic rings. The topological polar surface area (TPSA) is 67.1 Å². The van der Waals surface area contributed by atoms with E-state index in [1.54, 1.807) is 13.1 Å². The normalized spacial score (nSPS) is 18.3. The van der Waals surface area contributed by atoms with Crippen LogP contribution in [-0.2, 0) is 9.47 Å². The van der Waals surface area contributed by atoms with E-state index in [0.29, 0.717) is 27.5 Å². The van der Waals surface area contributed by atoms with Crippen molar-refractivity contribution in [2.24, 2.45) is 4.99 Å². The van der Waals surface area contributed by atoms with Gasteiger partial charge in [0.2, 0.25) is 11.8 Å². The summed E-state index contributed by atoms with van der Waals surface area (Å²) in [7, 11) is 0. The number of nitrogens with zero attached hydrogens (tertiary/aromatic N) is 2. The van der Waals surface area contributed by atoms with E-state index in [1.165, 1.54) is 18.4 Å². The lowest BCUT2D eigenvalue weighted by atomic mass is 10.1. The Labute approximate surface area is 232 Å². The van der Waals surface area contributed by atoms with Gasteiger partial charge in [0.15, 0.2) is 5.88 Å². The van der Waals surface area contributed by atoms with Gasteiger partial charge in [0.05, 0.1) is 16.7 Å². The number of likely N-dealkylation sites (tertiary alicyclic amines) is 1. The SMILES string of the molecule is C/C=N\C(OC1CCN(C(OC(C)C)=C2CC2)CC1)=C(\C)C(=N)Oc1ccc(SC2CC2)cc1Cl.CC. The van der Waals surface area contributed by atoms with Crippen molar-refractivity contribution in [1.82, 2.24) is 4.90 Å². The molecule has 6 nitrogen and oxygen atoms in total. The third kappa shape index (κ3) is 8.99. The molecule has 0 unspecified atom stereocenters. The predicted molar refractivity (Wildman–Crippen MR) is 155 cm³/mol. The van der Waals surface area contributed by atoms with Crippen LogP contribution in [0.25, 0.3) is 0 Å². The Morgan fingerprint density at radius 1 is 1.16 bits per heavy atom. The quantitative estimate of drug-likeness (QED) is 0.181. The van der Waals surface area contributed by atoms with Crippen molar-refractivity contribution < 1.29 is 14.2 Å². The highest BCUT2D eigenvalue weighted by atomic mass is 35.5. The summed E-state index contributed by atoms with van der Waals surface area (Å²) in [6.07, 6.45) is 8.44. The number of allylic oxidation sites excluding steroid dienone is 1. The van der Waals surface area contributed by atoms with E-state index in [9.17, 15) is 0 Å². The summed E-state index contributed by atoms with van der Waals surface area (Å²) in [4.78, 5) is 7.90. The average molecular weight is 548 g/mol. The molecule has 1 aromatic carbocycles. The van der Waals surface area contributed by atoms with E-state index in [0.717, 1.165) is 49.6 Å². The molecule has 204 valence electrons. The average Bonchev–Trinajstić information content (AvgIpc) is 3.81. The standard InChI is InChI=1S/C27H36ClN3O3S.C2H6/c1-5-30-26(33-20-12-14-31(15-13-20)27(19-6-7-19)32-17(2)3)18(4)25(29)34-24-11-10-22(16-23(24)28)35-21-8-9-21;1-2/h5,10-11,16-17,20-21,29H,6-9,12-15H2,1-4H3;1-2H3/b26-18+,29-25?,30-5-;. The van der Waals surface area contributed by atoms with Gasteiger partial charge in [-0.25, -0.2) is 4.99 Å². The lowest BCUT2D eigenvalue weighted by Crippen LogP contribution is -2.37. The highest BCUT2D eigenvalue weighted by molar-refractivity contribution is 8.00. The first-order valence-corrected chi connectivity index (χ1v) is 14.8. The molecule has 1 N–H and O–H groups in total. The second kappa shape index (κ2) is 14.1. The molecule has 3 aliphatic rings. The Morgan fingerprint density at radius 2 is 1.84 bits per heavy atom. The first kappa shape index (κ1) is 29.4. The fourth-order valence-corrected chi connectivity index (χ4v) is 5.22. The van der Waals surface area contributed by atoms with Crippen LogP contribution in [0.2, 0.25) is 5.02 Å². The molecule has 0 amide bonds. The maximum absolute atomic E-state index is 8.51. The van der Waals surface area contributed by atoms with Gasteiger partial charge in [-0.15, -0.1) is 11.8 Å². The highest BCUT2D eigenvalue weighted by Gasteiger charge is 2.29. The molecular weight excluding hydrogens is 506 g/mol. The van der Waals surface area contributed by atoms with E-state index in [1.807, 2.05) is 50.7 Å². The molecule has 8 heteroatoms. The first-order chi connectivity index (χ1) is 17.8. The van der Waals surface area contributed by atoms with Crippen LogP contribution in [0.15, 0.2) is 51.0 Å². The van der Waals surface area contributed by atoms with Crippen LogP contribution in [0.3, 0.4) is 0 Å². The fraction of sp³-hybridized carbons (Fsp3) is 0.586. The van der Waals surface area contributed by atoms with Crippen LogP contribution in [0.5, 0.6) is 5.75 Å². The minimum absolute atomic E-state index is 0.0152. The maximum atomic E-state index is 8.51. The fourth-order valence-electron chi connectivity index (χ4n) is 3.85. The molecule has 37 heavy (non-hydrogen) atoms. The molecule has 0 aromatic heterocycles. The van der Waals surface area contributed by atoms with Crippen molar-refractivity contribution in [1.29, 1.82) is 5.41 Å². The molecule has 1 saturated heterocycles. The lowest BCUT2D eigenvalue weighted by Gasteiger charge is -2.35. The van der Waals surface area contributed by atoms with Crippen LogP contribution in [-0.4, -0.2) is 47.6 Å². The zero-order chi connectivity index (χ0) is 26.9. The molecule has 0 radical (unpaired) electrons. The van der Waals surface area contributed by atoms with Crippen molar-refractivity contribution in [3.63, 3.8) is 0 Å². The first-order valence-electron chi connectivity index (χ1n) is 13.6. The summed E-state index contributed by atoms with van der Waals surface area (Å²) in [5, 5.41) is 9.72. The van der Waals surface area contributed by atoms with E-state index in [-0.39, 0.29) is 18.1 Å². The molecular formula is C29H42ClN3O3S. The van der Waals surface area contributed by atoms with Crippen LogP contribution >= 0.6 is 23.4 Å². The summed E-state index contributed by atoms with van der Waals surface area (Å²) in [6.45, 7) is 13.6. The van der Waals surface area contributed by atoms with Crippen molar-refractivity contribution in [3.8, 4) is 5.75 Å². The van der Waals surface area contributed by atoms with Crippen LogP contribution in [0.4, 0.5) is 0 Å². The minimum atomic E-state index is -0.0152. The zero-order valence-electron chi connectivity index (χ0n) is 23.1. The van der Waals surface area contributed by atoms with Gasteiger partial charge < -0.3 is 19.1 Å². The Kier molecular flexibility index (Phi) is 11.3. The van der Waals surface area contributed by atoms with Crippen molar-refractivity contribution in [2.45, 2.75) is 102 Å². The minimum Gasteiger partial charge on any atom is -0.476 e. The van der Waals surface area contributed by atoms with Gasteiger partial charge in [-0.3, -0.25) is 5.41 Å². The maximum Gasteiger partial charge on any atom is 0.221 e. The number of benzene rings is 1. The monoisotopic (exact) mass is 547 g/mol. The molecule has 1 aliphatic heterocycles. The smallest absolute Gasteiger partial charge is 0.221 e. The number of aliphatic imine (C=N–C) groups is 1. The highest BCUT2D eigenvalue weighted by Crippen LogP contribution is 2.41. The number of hydrogen-bond acceptors (Lipinski definition) is 7. The molecule has 0 bridgehead atoms. The van der Waals surface area contributed by atoms with Gasteiger partial charge in [-0.2, -0.15) is 0 Å². The summed E-state index contributed by atoms with van der Waals surface area (Å²) in [6, 6.07) is 5.75. The third-order valence-electron chi connectivity index (χ3n) is 6.01. The Balaban J connectivity index is 0.00000186. The van der Waals surface area contributed by atoms with Crippen molar-refractivity contribution >= 4 is 35.5 Å². The summed E-state index contributed by atoms with van der Waals surface area (Å²) >= 11 is 8.29. The Hall–Kier alpha value is -2.12.